The van der Waals surface area contributed by atoms with E-state index in [1.54, 1.807) is 17.9 Å². The molecule has 2 heterocycles. The first kappa shape index (κ1) is 8.02. The van der Waals surface area contributed by atoms with Crippen molar-refractivity contribution >= 4 is 22.6 Å². The summed E-state index contributed by atoms with van der Waals surface area (Å²) in [4.78, 5) is 7.98. The highest BCUT2D eigenvalue weighted by atomic mass is 35.5. The molecule has 5 heteroatoms. The molecule has 0 aliphatic heterocycles. The van der Waals surface area contributed by atoms with E-state index in [1.807, 2.05) is 0 Å². The van der Waals surface area contributed by atoms with Crippen LogP contribution in [0.3, 0.4) is 0 Å². The molecule has 0 aliphatic rings. The second-order valence-corrected chi connectivity index (χ2v) is 2.85. The molecule has 2 rings (SSSR count). The van der Waals surface area contributed by atoms with E-state index in [0.29, 0.717) is 16.2 Å². The van der Waals surface area contributed by atoms with E-state index in [1.165, 1.54) is 0 Å². The standard InChI is InChI=1S/C8H5ClN4/c1-3-6-11-7(9)5-4-10-13(2)8(5)12-6/h1,4H,2H3. The van der Waals surface area contributed by atoms with Gasteiger partial charge in [-0.25, -0.2) is 9.97 Å². The maximum Gasteiger partial charge on any atom is 0.208 e. The zero-order chi connectivity index (χ0) is 9.42. The van der Waals surface area contributed by atoms with Gasteiger partial charge in [-0.2, -0.15) is 5.10 Å². The van der Waals surface area contributed by atoms with Crippen LogP contribution >= 0.6 is 11.6 Å². The molecule has 0 fully saturated rings. The second-order valence-electron chi connectivity index (χ2n) is 2.49. The number of nitrogens with zero attached hydrogens (tertiary/aromatic N) is 4. The van der Waals surface area contributed by atoms with E-state index in [0.717, 1.165) is 0 Å². The Bertz CT molecular complexity index is 509. The summed E-state index contributed by atoms with van der Waals surface area (Å²) in [6.07, 6.45) is 6.77. The molecule has 0 saturated heterocycles. The number of fused-ring (bicyclic) bond motifs is 1. The first-order chi connectivity index (χ1) is 6.22. The first-order valence-electron chi connectivity index (χ1n) is 3.54. The minimum absolute atomic E-state index is 0.279. The zero-order valence-electron chi connectivity index (χ0n) is 6.82. The molecular formula is C8H5ClN4. The Morgan fingerprint density at radius 2 is 2.31 bits per heavy atom. The van der Waals surface area contributed by atoms with Crippen LogP contribution in [0.25, 0.3) is 11.0 Å². The van der Waals surface area contributed by atoms with E-state index >= 15 is 0 Å². The molecule has 0 N–H and O–H groups in total. The van der Waals surface area contributed by atoms with Gasteiger partial charge >= 0.3 is 0 Å². The molecule has 2 aromatic rings. The highest BCUT2D eigenvalue weighted by molar-refractivity contribution is 6.33. The predicted octanol–water partition coefficient (Wildman–Crippen LogP) is 0.998. The van der Waals surface area contributed by atoms with Crippen molar-refractivity contribution < 1.29 is 0 Å². The Morgan fingerprint density at radius 1 is 1.54 bits per heavy atom. The summed E-state index contributed by atoms with van der Waals surface area (Å²) in [5.41, 5.74) is 0.646. The summed E-state index contributed by atoms with van der Waals surface area (Å²) in [7, 11) is 1.77. The minimum atomic E-state index is 0.279. The van der Waals surface area contributed by atoms with Crippen LogP contribution in [0.4, 0.5) is 0 Å². The Labute approximate surface area is 79.6 Å². The lowest BCUT2D eigenvalue weighted by Crippen LogP contribution is -1.95. The monoisotopic (exact) mass is 192 g/mol. The van der Waals surface area contributed by atoms with Crippen molar-refractivity contribution in [2.24, 2.45) is 7.05 Å². The van der Waals surface area contributed by atoms with Gasteiger partial charge in [0.25, 0.3) is 0 Å². The molecule has 0 atom stereocenters. The summed E-state index contributed by atoms with van der Waals surface area (Å²) < 4.78 is 1.60. The molecule has 0 aliphatic carbocycles. The summed E-state index contributed by atoms with van der Waals surface area (Å²) in [5, 5.41) is 5.04. The molecule has 64 valence electrons. The van der Waals surface area contributed by atoms with Crippen LogP contribution in [0.2, 0.25) is 5.15 Å². The van der Waals surface area contributed by atoms with Crippen LogP contribution in [0, 0.1) is 12.3 Å². The van der Waals surface area contributed by atoms with Crippen molar-refractivity contribution in [3.05, 3.63) is 17.2 Å². The quantitative estimate of drug-likeness (QED) is 0.462. The number of rotatable bonds is 0. The largest absolute Gasteiger partial charge is 0.250 e. The van der Waals surface area contributed by atoms with Gasteiger partial charge < -0.3 is 0 Å². The summed E-state index contributed by atoms with van der Waals surface area (Å²) >= 11 is 5.85. The van der Waals surface area contributed by atoms with Crippen LogP contribution in [0.15, 0.2) is 6.20 Å². The Kier molecular flexibility index (Phi) is 1.67. The van der Waals surface area contributed by atoms with Crippen molar-refractivity contribution in [3.63, 3.8) is 0 Å². The van der Waals surface area contributed by atoms with Gasteiger partial charge in [-0.15, -0.1) is 6.42 Å². The van der Waals surface area contributed by atoms with Crippen LogP contribution in [-0.4, -0.2) is 19.7 Å². The highest BCUT2D eigenvalue weighted by Crippen LogP contribution is 2.18. The van der Waals surface area contributed by atoms with Crippen LogP contribution < -0.4 is 0 Å². The molecular weight excluding hydrogens is 188 g/mol. The summed E-state index contributed by atoms with van der Waals surface area (Å²) in [5.74, 6) is 2.61. The lowest BCUT2D eigenvalue weighted by molar-refractivity contribution is 0.784. The third kappa shape index (κ3) is 1.14. The fraction of sp³-hybridized carbons (Fsp3) is 0.125. The van der Waals surface area contributed by atoms with E-state index in [4.69, 9.17) is 18.0 Å². The van der Waals surface area contributed by atoms with Crippen LogP contribution in [0.5, 0.6) is 0 Å². The molecule has 0 amide bonds. The van der Waals surface area contributed by atoms with Crippen molar-refractivity contribution in [1.29, 1.82) is 0 Å². The second kappa shape index (κ2) is 2.71. The molecule has 0 saturated carbocycles. The van der Waals surface area contributed by atoms with Gasteiger partial charge in [0, 0.05) is 7.05 Å². The van der Waals surface area contributed by atoms with Gasteiger partial charge in [0.1, 0.15) is 5.15 Å². The maximum atomic E-state index is 5.85. The normalized spacial score (nSPS) is 10.2. The number of hydrogen-bond donors (Lipinski definition) is 0. The van der Waals surface area contributed by atoms with Gasteiger partial charge in [-0.05, 0) is 5.92 Å². The molecule has 0 radical (unpaired) electrons. The molecule has 2 aromatic heterocycles. The van der Waals surface area contributed by atoms with Gasteiger partial charge in [-0.1, -0.05) is 11.6 Å². The fourth-order valence-corrected chi connectivity index (χ4v) is 1.27. The van der Waals surface area contributed by atoms with Crippen molar-refractivity contribution in [3.8, 4) is 12.3 Å². The average Bonchev–Trinajstić information content (AvgIpc) is 2.48. The molecule has 0 bridgehead atoms. The zero-order valence-corrected chi connectivity index (χ0v) is 7.58. The Balaban J connectivity index is 2.90. The number of aryl methyl sites for hydroxylation is 1. The Morgan fingerprint density at radius 3 is 3.00 bits per heavy atom. The topological polar surface area (TPSA) is 43.6 Å². The Hall–Kier alpha value is -1.60. The van der Waals surface area contributed by atoms with E-state index in [2.05, 4.69) is 21.0 Å². The number of aromatic nitrogens is 4. The molecule has 0 aromatic carbocycles. The smallest absolute Gasteiger partial charge is 0.208 e. The van der Waals surface area contributed by atoms with E-state index in [9.17, 15) is 0 Å². The maximum absolute atomic E-state index is 5.85. The summed E-state index contributed by atoms with van der Waals surface area (Å²) in [6.45, 7) is 0. The van der Waals surface area contributed by atoms with Gasteiger partial charge in [0.2, 0.25) is 5.82 Å². The van der Waals surface area contributed by atoms with Gasteiger partial charge in [0.15, 0.2) is 5.65 Å². The molecule has 4 nitrogen and oxygen atoms in total. The lowest BCUT2D eigenvalue weighted by Gasteiger charge is -1.95. The first-order valence-corrected chi connectivity index (χ1v) is 3.92. The average molecular weight is 193 g/mol. The van der Waals surface area contributed by atoms with Crippen LogP contribution in [-0.2, 0) is 7.05 Å². The van der Waals surface area contributed by atoms with E-state index in [-0.39, 0.29) is 5.82 Å². The number of terminal acetylenes is 1. The van der Waals surface area contributed by atoms with Gasteiger partial charge in [-0.3, -0.25) is 4.68 Å². The van der Waals surface area contributed by atoms with Crippen molar-refractivity contribution in [2.45, 2.75) is 0 Å². The SMILES string of the molecule is C#Cc1nc(Cl)c2cnn(C)c2n1. The predicted molar refractivity (Wildman–Crippen MR) is 49.2 cm³/mol. The minimum Gasteiger partial charge on any atom is -0.250 e. The van der Waals surface area contributed by atoms with Crippen molar-refractivity contribution in [2.75, 3.05) is 0 Å². The molecule has 13 heavy (non-hydrogen) atoms. The van der Waals surface area contributed by atoms with E-state index < -0.39 is 0 Å². The highest BCUT2D eigenvalue weighted by Gasteiger charge is 2.07. The third-order valence-corrected chi connectivity index (χ3v) is 1.96. The number of halogens is 1. The van der Waals surface area contributed by atoms with Crippen molar-refractivity contribution in [1.82, 2.24) is 19.7 Å². The fourth-order valence-electron chi connectivity index (χ4n) is 1.05. The summed E-state index contributed by atoms with van der Waals surface area (Å²) in [6, 6.07) is 0. The molecule has 0 spiro atoms. The lowest BCUT2D eigenvalue weighted by atomic mass is 10.4. The third-order valence-electron chi connectivity index (χ3n) is 1.67. The number of hydrogen-bond acceptors (Lipinski definition) is 3. The van der Waals surface area contributed by atoms with Crippen LogP contribution in [0.1, 0.15) is 5.82 Å². The van der Waals surface area contributed by atoms with Gasteiger partial charge in [0.05, 0.1) is 11.6 Å². The molecule has 0 unspecified atom stereocenters.